The molecule has 2 amide bonds. The van der Waals surface area contributed by atoms with Crippen molar-refractivity contribution < 1.29 is 24.2 Å². The van der Waals surface area contributed by atoms with E-state index >= 15 is 0 Å². The highest BCUT2D eigenvalue weighted by molar-refractivity contribution is 6.37. The van der Waals surface area contributed by atoms with Gasteiger partial charge >= 0.3 is 12.0 Å². The monoisotopic (exact) mass is 350 g/mol. The molecular formula is C13H16Cl2N2O5. The predicted molar refractivity (Wildman–Crippen MR) is 83.1 cm³/mol. The largest absolute Gasteiger partial charge is 0.488 e. The van der Waals surface area contributed by atoms with Crippen LogP contribution in [0.4, 0.5) is 10.5 Å². The van der Waals surface area contributed by atoms with E-state index in [-0.39, 0.29) is 23.0 Å². The summed E-state index contributed by atoms with van der Waals surface area (Å²) in [5.74, 6) is -0.693. The molecular weight excluding hydrogens is 335 g/mol. The number of amides is 2. The molecule has 0 heterocycles. The summed E-state index contributed by atoms with van der Waals surface area (Å²) < 4.78 is 10.2. The van der Waals surface area contributed by atoms with E-state index in [4.69, 9.17) is 37.8 Å². The maximum atomic E-state index is 11.6. The molecule has 0 aliphatic heterocycles. The molecule has 1 aromatic rings. The summed E-state index contributed by atoms with van der Waals surface area (Å²) in [5, 5.41) is 13.9. The second-order valence-corrected chi connectivity index (χ2v) is 4.95. The van der Waals surface area contributed by atoms with E-state index in [0.717, 1.165) is 0 Å². The van der Waals surface area contributed by atoms with E-state index < -0.39 is 12.0 Å². The second-order valence-electron chi connectivity index (χ2n) is 4.13. The van der Waals surface area contributed by atoms with Crippen LogP contribution in [-0.2, 0) is 9.53 Å². The third-order valence-corrected chi connectivity index (χ3v) is 2.98. The van der Waals surface area contributed by atoms with Gasteiger partial charge in [0.2, 0.25) is 0 Å². The molecule has 0 unspecified atom stereocenters. The molecule has 3 N–H and O–H groups in total. The SMILES string of the molecule is COCCOc1c(Cl)cc(NC(=O)NCCC(=O)O)cc1Cl. The molecule has 9 heteroatoms. The number of hydrogen-bond acceptors (Lipinski definition) is 4. The van der Waals surface area contributed by atoms with Gasteiger partial charge in [-0.1, -0.05) is 23.2 Å². The van der Waals surface area contributed by atoms with Crippen molar-refractivity contribution in [2.45, 2.75) is 6.42 Å². The maximum Gasteiger partial charge on any atom is 0.319 e. The van der Waals surface area contributed by atoms with Crippen LogP contribution in [-0.4, -0.2) is 44.0 Å². The molecule has 22 heavy (non-hydrogen) atoms. The van der Waals surface area contributed by atoms with E-state index in [0.29, 0.717) is 24.7 Å². The average molecular weight is 351 g/mol. The van der Waals surface area contributed by atoms with Crippen molar-refractivity contribution >= 4 is 40.9 Å². The quantitative estimate of drug-likeness (QED) is 0.626. The molecule has 0 bridgehead atoms. The Hall–Kier alpha value is -1.70. The van der Waals surface area contributed by atoms with Gasteiger partial charge in [0, 0.05) is 19.3 Å². The van der Waals surface area contributed by atoms with Gasteiger partial charge in [0.1, 0.15) is 6.61 Å². The van der Waals surface area contributed by atoms with Crippen molar-refractivity contribution in [2.75, 3.05) is 32.2 Å². The van der Waals surface area contributed by atoms with E-state index in [1.54, 1.807) is 7.11 Å². The number of anilines is 1. The fraction of sp³-hybridized carbons (Fsp3) is 0.385. The number of hydrogen-bond donors (Lipinski definition) is 3. The van der Waals surface area contributed by atoms with Gasteiger partial charge in [-0.15, -0.1) is 0 Å². The number of carboxylic acid groups (broad SMARTS) is 1. The summed E-state index contributed by atoms with van der Waals surface area (Å²) in [6.45, 7) is 0.692. The summed E-state index contributed by atoms with van der Waals surface area (Å²) in [4.78, 5) is 21.9. The number of methoxy groups -OCH3 is 1. The second kappa shape index (κ2) is 9.34. The number of rotatable bonds is 8. The summed E-state index contributed by atoms with van der Waals surface area (Å²) in [6, 6.07) is 2.40. The van der Waals surface area contributed by atoms with Crippen LogP contribution in [0.2, 0.25) is 10.0 Å². The molecule has 0 aliphatic rings. The number of ether oxygens (including phenoxy) is 2. The van der Waals surface area contributed by atoms with Gasteiger partial charge in [0.15, 0.2) is 5.75 Å². The molecule has 7 nitrogen and oxygen atoms in total. The van der Waals surface area contributed by atoms with Gasteiger partial charge in [-0.05, 0) is 12.1 Å². The normalized spacial score (nSPS) is 10.1. The maximum absolute atomic E-state index is 11.6. The van der Waals surface area contributed by atoms with Crippen LogP contribution < -0.4 is 15.4 Å². The summed E-state index contributed by atoms with van der Waals surface area (Å²) in [5.41, 5.74) is 0.363. The standard InChI is InChI=1S/C13H16Cl2N2O5/c1-21-4-5-22-12-9(14)6-8(7-10(12)15)17-13(20)16-3-2-11(18)19/h6-7H,2-5H2,1H3,(H,18,19)(H2,16,17,20). The molecule has 0 atom stereocenters. The minimum Gasteiger partial charge on any atom is -0.488 e. The lowest BCUT2D eigenvalue weighted by atomic mass is 10.3. The Morgan fingerprint density at radius 2 is 1.86 bits per heavy atom. The minimum absolute atomic E-state index is 0.0147. The predicted octanol–water partition coefficient (Wildman–Crippen LogP) is 2.61. The topological polar surface area (TPSA) is 96.9 Å². The van der Waals surface area contributed by atoms with Crippen LogP contribution in [0.3, 0.4) is 0 Å². The van der Waals surface area contributed by atoms with Gasteiger partial charge in [0.25, 0.3) is 0 Å². The first-order valence-corrected chi connectivity index (χ1v) is 7.07. The number of carbonyl (C=O) groups excluding carboxylic acids is 1. The van der Waals surface area contributed by atoms with Crippen LogP contribution in [0.1, 0.15) is 6.42 Å². The molecule has 0 aliphatic carbocycles. The fourth-order valence-electron chi connectivity index (χ4n) is 1.46. The van der Waals surface area contributed by atoms with Crippen LogP contribution in [0.25, 0.3) is 0 Å². The van der Waals surface area contributed by atoms with Gasteiger partial charge in [0.05, 0.1) is 23.1 Å². The van der Waals surface area contributed by atoms with Gasteiger partial charge < -0.3 is 25.2 Å². The van der Waals surface area contributed by atoms with Crippen molar-refractivity contribution in [3.05, 3.63) is 22.2 Å². The zero-order valence-corrected chi connectivity index (χ0v) is 13.3. The molecule has 0 radical (unpaired) electrons. The molecule has 0 saturated carbocycles. The summed E-state index contributed by atoms with van der Waals surface area (Å²) >= 11 is 12.1. The fourth-order valence-corrected chi connectivity index (χ4v) is 2.05. The highest BCUT2D eigenvalue weighted by atomic mass is 35.5. The van der Waals surface area contributed by atoms with E-state index in [2.05, 4.69) is 10.6 Å². The van der Waals surface area contributed by atoms with Crippen LogP contribution in [0, 0.1) is 0 Å². The van der Waals surface area contributed by atoms with Gasteiger partial charge in [-0.3, -0.25) is 4.79 Å². The minimum atomic E-state index is -0.996. The lowest BCUT2D eigenvalue weighted by molar-refractivity contribution is -0.136. The van der Waals surface area contributed by atoms with Crippen LogP contribution in [0.5, 0.6) is 5.75 Å². The lowest BCUT2D eigenvalue weighted by Crippen LogP contribution is -2.30. The smallest absolute Gasteiger partial charge is 0.319 e. The van der Waals surface area contributed by atoms with Crippen molar-refractivity contribution in [3.8, 4) is 5.75 Å². The van der Waals surface area contributed by atoms with Crippen LogP contribution in [0.15, 0.2) is 12.1 Å². The Morgan fingerprint density at radius 1 is 1.23 bits per heavy atom. The number of halogens is 2. The first kappa shape index (κ1) is 18.3. The zero-order valence-electron chi connectivity index (χ0n) is 11.8. The Kier molecular flexibility index (Phi) is 7.79. The number of benzene rings is 1. The van der Waals surface area contributed by atoms with Crippen molar-refractivity contribution in [1.29, 1.82) is 0 Å². The summed E-state index contributed by atoms with van der Waals surface area (Å²) in [7, 11) is 1.54. The van der Waals surface area contributed by atoms with E-state index in [9.17, 15) is 9.59 Å². The Labute approximate surface area is 137 Å². The number of carboxylic acids is 1. The Balaban J connectivity index is 2.61. The first-order chi connectivity index (χ1) is 10.4. The number of carbonyl (C=O) groups is 2. The molecule has 122 valence electrons. The molecule has 0 saturated heterocycles. The first-order valence-electron chi connectivity index (χ1n) is 6.31. The average Bonchev–Trinajstić information content (AvgIpc) is 2.41. The summed E-state index contributed by atoms with van der Waals surface area (Å²) in [6.07, 6.45) is -0.165. The lowest BCUT2D eigenvalue weighted by Gasteiger charge is -2.12. The molecule has 0 aromatic heterocycles. The zero-order chi connectivity index (χ0) is 16.5. The van der Waals surface area contributed by atoms with Crippen molar-refractivity contribution in [2.24, 2.45) is 0 Å². The van der Waals surface area contributed by atoms with E-state index in [1.807, 2.05) is 0 Å². The van der Waals surface area contributed by atoms with Gasteiger partial charge in [-0.2, -0.15) is 0 Å². The molecule has 1 rings (SSSR count). The van der Waals surface area contributed by atoms with Crippen molar-refractivity contribution in [1.82, 2.24) is 5.32 Å². The highest BCUT2D eigenvalue weighted by Crippen LogP contribution is 2.35. The van der Waals surface area contributed by atoms with Crippen LogP contribution >= 0.6 is 23.2 Å². The third kappa shape index (κ3) is 6.38. The number of nitrogens with one attached hydrogen (secondary N) is 2. The van der Waals surface area contributed by atoms with E-state index in [1.165, 1.54) is 12.1 Å². The third-order valence-electron chi connectivity index (χ3n) is 2.41. The van der Waals surface area contributed by atoms with Crippen molar-refractivity contribution in [3.63, 3.8) is 0 Å². The molecule has 1 aromatic carbocycles. The number of urea groups is 1. The molecule has 0 spiro atoms. The Bertz CT molecular complexity index is 516. The Morgan fingerprint density at radius 3 is 2.41 bits per heavy atom. The van der Waals surface area contributed by atoms with Gasteiger partial charge in [-0.25, -0.2) is 4.79 Å². The highest BCUT2D eigenvalue weighted by Gasteiger charge is 2.11. The number of aliphatic carboxylic acids is 1. The molecule has 0 fully saturated rings.